The third-order valence-electron chi connectivity index (χ3n) is 4.55. The number of ether oxygens (including phenoxy) is 1. The van der Waals surface area contributed by atoms with Crippen LogP contribution in [0.5, 0.6) is 0 Å². The molecule has 18 heavy (non-hydrogen) atoms. The Kier molecular flexibility index (Phi) is 4.98. The lowest BCUT2D eigenvalue weighted by Gasteiger charge is -2.42. The van der Waals surface area contributed by atoms with Crippen LogP contribution in [0, 0.1) is 0 Å². The van der Waals surface area contributed by atoms with Gasteiger partial charge in [-0.3, -0.25) is 0 Å². The monoisotopic (exact) mass is 270 g/mol. The summed E-state index contributed by atoms with van der Waals surface area (Å²) in [6.45, 7) is 5.25. The predicted octanol–water partition coefficient (Wildman–Crippen LogP) is 2.48. The molecule has 2 aliphatic rings. The zero-order valence-electron chi connectivity index (χ0n) is 11.5. The van der Waals surface area contributed by atoms with Gasteiger partial charge in [-0.2, -0.15) is 0 Å². The Morgan fingerprint density at radius 3 is 2.78 bits per heavy atom. The molecule has 3 nitrogen and oxygen atoms in total. The van der Waals surface area contributed by atoms with E-state index in [1.807, 2.05) is 0 Å². The minimum Gasteiger partial charge on any atom is -0.393 e. The summed E-state index contributed by atoms with van der Waals surface area (Å²) in [6, 6.07) is 0.663. The number of rotatable bonds is 5. The molecular weight excluding hydrogens is 244 g/mol. The molecule has 2 fully saturated rings. The van der Waals surface area contributed by atoms with E-state index in [4.69, 9.17) is 22.7 Å². The smallest absolute Gasteiger partial charge is 0.0740 e. The number of hydrogen-bond donors (Lipinski definition) is 1. The molecule has 1 saturated heterocycles. The minimum absolute atomic E-state index is 0.208. The van der Waals surface area contributed by atoms with Crippen molar-refractivity contribution in [1.82, 2.24) is 4.90 Å². The molecule has 0 aromatic carbocycles. The van der Waals surface area contributed by atoms with Gasteiger partial charge in [0.2, 0.25) is 0 Å². The van der Waals surface area contributed by atoms with E-state index in [0.717, 1.165) is 32.5 Å². The third-order valence-corrected chi connectivity index (χ3v) is 4.75. The van der Waals surface area contributed by atoms with Crippen LogP contribution in [0.3, 0.4) is 0 Å². The van der Waals surface area contributed by atoms with Crippen LogP contribution in [0.25, 0.3) is 0 Å². The van der Waals surface area contributed by atoms with Crippen LogP contribution < -0.4 is 5.73 Å². The van der Waals surface area contributed by atoms with Crippen molar-refractivity contribution in [3.63, 3.8) is 0 Å². The first-order chi connectivity index (χ1) is 8.65. The van der Waals surface area contributed by atoms with Gasteiger partial charge in [-0.05, 0) is 32.2 Å². The SMILES string of the molecule is CCN(CCC(N)=S)C1CCOC2(CCCC2)C1. The molecule has 0 aromatic heterocycles. The summed E-state index contributed by atoms with van der Waals surface area (Å²) in [4.78, 5) is 3.18. The van der Waals surface area contributed by atoms with Gasteiger partial charge < -0.3 is 15.4 Å². The molecular formula is C14H26N2OS. The largest absolute Gasteiger partial charge is 0.393 e. The van der Waals surface area contributed by atoms with E-state index in [0.29, 0.717) is 11.0 Å². The maximum absolute atomic E-state index is 6.10. The third kappa shape index (κ3) is 3.43. The van der Waals surface area contributed by atoms with Gasteiger partial charge in [0.15, 0.2) is 0 Å². The fraction of sp³-hybridized carbons (Fsp3) is 0.929. The van der Waals surface area contributed by atoms with Crippen molar-refractivity contribution in [2.45, 2.75) is 63.5 Å². The Morgan fingerprint density at radius 2 is 2.17 bits per heavy atom. The average molecular weight is 270 g/mol. The van der Waals surface area contributed by atoms with Gasteiger partial charge in [0, 0.05) is 25.6 Å². The van der Waals surface area contributed by atoms with Gasteiger partial charge in [0.1, 0.15) is 0 Å². The van der Waals surface area contributed by atoms with Crippen molar-refractivity contribution in [2.75, 3.05) is 19.7 Å². The van der Waals surface area contributed by atoms with E-state index in [9.17, 15) is 0 Å². The van der Waals surface area contributed by atoms with E-state index in [2.05, 4.69) is 11.8 Å². The fourth-order valence-corrected chi connectivity index (χ4v) is 3.63. The Labute approximate surface area is 116 Å². The first-order valence-electron chi connectivity index (χ1n) is 7.31. The fourth-order valence-electron chi connectivity index (χ4n) is 3.53. The lowest BCUT2D eigenvalue weighted by molar-refractivity contribution is -0.101. The summed E-state index contributed by atoms with van der Waals surface area (Å²) < 4.78 is 6.10. The maximum atomic E-state index is 6.10. The zero-order valence-corrected chi connectivity index (χ0v) is 12.3. The number of hydrogen-bond acceptors (Lipinski definition) is 3. The molecule has 0 amide bonds. The van der Waals surface area contributed by atoms with Crippen LogP contribution in [-0.4, -0.2) is 41.2 Å². The molecule has 1 spiro atoms. The van der Waals surface area contributed by atoms with E-state index in [1.54, 1.807) is 0 Å². The molecule has 1 unspecified atom stereocenters. The molecule has 2 rings (SSSR count). The second-order valence-electron chi connectivity index (χ2n) is 5.73. The van der Waals surface area contributed by atoms with Crippen molar-refractivity contribution >= 4 is 17.2 Å². The summed E-state index contributed by atoms with van der Waals surface area (Å²) in [5, 5.41) is 0. The van der Waals surface area contributed by atoms with Crippen molar-refractivity contribution in [3.05, 3.63) is 0 Å². The summed E-state index contributed by atoms with van der Waals surface area (Å²) in [7, 11) is 0. The van der Waals surface area contributed by atoms with Crippen LogP contribution in [0.1, 0.15) is 51.9 Å². The molecule has 1 aliphatic carbocycles. The first-order valence-corrected chi connectivity index (χ1v) is 7.72. The second-order valence-corrected chi connectivity index (χ2v) is 6.25. The second kappa shape index (κ2) is 6.31. The Balaban J connectivity index is 1.91. The summed E-state index contributed by atoms with van der Waals surface area (Å²) in [6.07, 6.45) is 8.41. The molecule has 0 bridgehead atoms. The molecule has 1 heterocycles. The molecule has 1 aliphatic heterocycles. The van der Waals surface area contributed by atoms with Crippen LogP contribution >= 0.6 is 12.2 Å². The van der Waals surface area contributed by atoms with Gasteiger partial charge in [0.25, 0.3) is 0 Å². The van der Waals surface area contributed by atoms with Crippen LogP contribution in [0.2, 0.25) is 0 Å². The highest BCUT2D eigenvalue weighted by Gasteiger charge is 2.41. The van der Waals surface area contributed by atoms with Crippen molar-refractivity contribution in [3.8, 4) is 0 Å². The highest BCUT2D eigenvalue weighted by molar-refractivity contribution is 7.80. The van der Waals surface area contributed by atoms with Crippen LogP contribution in [-0.2, 0) is 4.74 Å². The predicted molar refractivity (Wildman–Crippen MR) is 78.8 cm³/mol. The van der Waals surface area contributed by atoms with Gasteiger partial charge in [0.05, 0.1) is 10.6 Å². The zero-order chi connectivity index (χ0) is 13.0. The van der Waals surface area contributed by atoms with Crippen LogP contribution in [0.15, 0.2) is 0 Å². The Morgan fingerprint density at radius 1 is 1.44 bits per heavy atom. The normalized spacial score (nSPS) is 26.9. The molecule has 0 radical (unpaired) electrons. The van der Waals surface area contributed by atoms with E-state index in [-0.39, 0.29) is 5.60 Å². The Bertz CT molecular complexity index is 290. The van der Waals surface area contributed by atoms with Gasteiger partial charge >= 0.3 is 0 Å². The number of nitrogens with zero attached hydrogens (tertiary/aromatic N) is 1. The molecule has 0 aromatic rings. The highest BCUT2D eigenvalue weighted by atomic mass is 32.1. The van der Waals surface area contributed by atoms with Gasteiger partial charge in [-0.25, -0.2) is 0 Å². The summed E-state index contributed by atoms with van der Waals surface area (Å²) >= 11 is 4.99. The molecule has 1 atom stereocenters. The van der Waals surface area contributed by atoms with E-state index in [1.165, 1.54) is 32.1 Å². The van der Waals surface area contributed by atoms with Crippen LogP contribution in [0.4, 0.5) is 0 Å². The molecule has 1 saturated carbocycles. The molecule has 104 valence electrons. The number of thiocarbonyl (C=S) groups is 1. The summed E-state index contributed by atoms with van der Waals surface area (Å²) in [5.74, 6) is 0. The average Bonchev–Trinajstić information content (AvgIpc) is 2.78. The van der Waals surface area contributed by atoms with Crippen molar-refractivity contribution in [1.29, 1.82) is 0 Å². The maximum Gasteiger partial charge on any atom is 0.0740 e. The van der Waals surface area contributed by atoms with Crippen molar-refractivity contribution < 1.29 is 4.74 Å². The van der Waals surface area contributed by atoms with Gasteiger partial charge in [-0.15, -0.1) is 0 Å². The lowest BCUT2D eigenvalue weighted by atomic mass is 9.88. The highest BCUT2D eigenvalue weighted by Crippen LogP contribution is 2.41. The lowest BCUT2D eigenvalue weighted by Crippen LogP contribution is -2.48. The first kappa shape index (κ1) is 14.2. The minimum atomic E-state index is 0.208. The van der Waals surface area contributed by atoms with E-state index >= 15 is 0 Å². The Hall–Kier alpha value is -0.190. The summed E-state index contributed by atoms with van der Waals surface area (Å²) in [5.41, 5.74) is 5.83. The number of nitrogens with two attached hydrogens (primary N) is 1. The van der Waals surface area contributed by atoms with Gasteiger partial charge in [-0.1, -0.05) is 32.0 Å². The quantitative estimate of drug-likeness (QED) is 0.779. The van der Waals surface area contributed by atoms with E-state index < -0.39 is 0 Å². The molecule has 2 N–H and O–H groups in total. The topological polar surface area (TPSA) is 38.5 Å². The van der Waals surface area contributed by atoms with Crippen molar-refractivity contribution in [2.24, 2.45) is 5.73 Å². The standard InChI is InChI=1S/C14H26N2OS/c1-2-16(9-5-13(15)18)12-6-10-17-14(11-12)7-3-4-8-14/h12H,2-11H2,1H3,(H2,15,18). The molecule has 4 heteroatoms.